The lowest BCUT2D eigenvalue weighted by atomic mass is 10.0. The minimum absolute atomic E-state index is 0.113. The Bertz CT molecular complexity index is 1020. The Morgan fingerprint density at radius 3 is 2.50 bits per heavy atom. The number of rotatable bonds is 3. The van der Waals surface area contributed by atoms with E-state index in [0.29, 0.717) is 18.3 Å². The zero-order valence-electron chi connectivity index (χ0n) is 15.6. The fourth-order valence-corrected chi connectivity index (χ4v) is 4.42. The molecule has 2 aliphatic rings. The van der Waals surface area contributed by atoms with Crippen LogP contribution in [-0.2, 0) is 18.3 Å². The lowest BCUT2D eigenvalue weighted by Crippen LogP contribution is -2.34. The Morgan fingerprint density at radius 1 is 1.07 bits per heavy atom. The molecule has 2 atom stereocenters. The van der Waals surface area contributed by atoms with Crippen molar-refractivity contribution < 1.29 is 9.18 Å². The van der Waals surface area contributed by atoms with Crippen molar-refractivity contribution >= 4 is 22.9 Å². The van der Waals surface area contributed by atoms with Crippen molar-refractivity contribution in [1.82, 2.24) is 24.4 Å². The molecule has 3 aromatic rings. The number of anilines is 1. The van der Waals surface area contributed by atoms with Crippen LogP contribution in [0, 0.1) is 17.7 Å². The monoisotopic (exact) mass is 380 g/mol. The molecule has 0 saturated carbocycles. The van der Waals surface area contributed by atoms with Gasteiger partial charge in [0.2, 0.25) is 5.91 Å². The molecule has 4 heterocycles. The second-order valence-electron chi connectivity index (χ2n) is 7.75. The van der Waals surface area contributed by atoms with E-state index in [1.807, 2.05) is 16.5 Å². The molecule has 1 aromatic carbocycles. The van der Waals surface area contributed by atoms with Gasteiger partial charge in [0.25, 0.3) is 0 Å². The molecule has 2 saturated heterocycles. The van der Waals surface area contributed by atoms with Gasteiger partial charge < -0.3 is 14.4 Å². The van der Waals surface area contributed by atoms with Crippen LogP contribution in [0.1, 0.15) is 5.56 Å². The van der Waals surface area contributed by atoms with Gasteiger partial charge >= 0.3 is 0 Å². The fraction of sp³-hybridized carbons (Fsp3) is 0.400. The summed E-state index contributed by atoms with van der Waals surface area (Å²) in [4.78, 5) is 30.1. The van der Waals surface area contributed by atoms with Gasteiger partial charge in [-0.25, -0.2) is 19.3 Å². The molecule has 2 unspecified atom stereocenters. The normalized spacial score (nSPS) is 21.5. The number of halogens is 1. The minimum atomic E-state index is -0.279. The van der Waals surface area contributed by atoms with Crippen LogP contribution >= 0.6 is 0 Å². The van der Waals surface area contributed by atoms with Gasteiger partial charge in [-0.1, -0.05) is 12.1 Å². The number of benzene rings is 1. The highest BCUT2D eigenvalue weighted by molar-refractivity contribution is 5.83. The summed E-state index contributed by atoms with van der Waals surface area (Å²) >= 11 is 0. The molecule has 0 aliphatic carbocycles. The number of carbonyl (C=O) groups excluding carboxylic acids is 1. The molecule has 8 heteroatoms. The maximum absolute atomic E-state index is 13.0. The zero-order valence-corrected chi connectivity index (χ0v) is 15.6. The molecule has 144 valence electrons. The average Bonchev–Trinajstić information content (AvgIpc) is 3.37. The molecule has 7 nitrogen and oxygen atoms in total. The second-order valence-corrected chi connectivity index (χ2v) is 7.75. The second kappa shape index (κ2) is 6.54. The molecule has 2 fully saturated rings. The highest BCUT2D eigenvalue weighted by atomic mass is 19.1. The highest BCUT2D eigenvalue weighted by Gasteiger charge is 2.42. The Labute approximate surface area is 161 Å². The van der Waals surface area contributed by atoms with E-state index in [9.17, 15) is 9.18 Å². The first-order valence-corrected chi connectivity index (χ1v) is 9.47. The Balaban J connectivity index is 1.26. The Morgan fingerprint density at radius 2 is 1.79 bits per heavy atom. The maximum atomic E-state index is 13.0. The van der Waals surface area contributed by atoms with Gasteiger partial charge in [-0.15, -0.1) is 0 Å². The smallest absolute Gasteiger partial charge is 0.227 e. The topological polar surface area (TPSA) is 67.2 Å². The molecule has 2 aliphatic heterocycles. The van der Waals surface area contributed by atoms with E-state index >= 15 is 0 Å². The van der Waals surface area contributed by atoms with Crippen molar-refractivity contribution in [1.29, 1.82) is 0 Å². The Kier molecular flexibility index (Phi) is 3.99. The number of aryl methyl sites for hydroxylation is 1. The van der Waals surface area contributed by atoms with Gasteiger partial charge in [-0.2, -0.15) is 0 Å². The van der Waals surface area contributed by atoms with E-state index < -0.39 is 0 Å². The standard InChI is InChI=1S/C20H21FN6O/c1-25-12-24-18-19(25)22-11-23-20(18)27-9-14-7-26(8-15(14)10-27)17(28)6-13-2-4-16(21)5-3-13/h2-5,11-12,14-15H,6-10H2,1H3. The summed E-state index contributed by atoms with van der Waals surface area (Å²) in [6.45, 7) is 3.26. The van der Waals surface area contributed by atoms with Crippen molar-refractivity contribution in [3.8, 4) is 0 Å². The first kappa shape index (κ1) is 17.1. The third-order valence-electron chi connectivity index (χ3n) is 5.88. The molecular weight excluding hydrogens is 359 g/mol. The van der Waals surface area contributed by atoms with Crippen LogP contribution in [0.2, 0.25) is 0 Å². The maximum Gasteiger partial charge on any atom is 0.227 e. The molecule has 28 heavy (non-hydrogen) atoms. The lowest BCUT2D eigenvalue weighted by Gasteiger charge is -2.22. The highest BCUT2D eigenvalue weighted by Crippen LogP contribution is 2.35. The van der Waals surface area contributed by atoms with Crippen molar-refractivity contribution in [2.75, 3.05) is 31.1 Å². The van der Waals surface area contributed by atoms with Crippen LogP contribution in [-0.4, -0.2) is 56.5 Å². The van der Waals surface area contributed by atoms with E-state index in [1.165, 1.54) is 12.1 Å². The number of amides is 1. The number of likely N-dealkylation sites (tertiary alicyclic amines) is 1. The molecule has 2 aromatic heterocycles. The number of hydrogen-bond donors (Lipinski definition) is 0. The van der Waals surface area contributed by atoms with E-state index in [-0.39, 0.29) is 11.7 Å². The molecule has 0 bridgehead atoms. The molecule has 5 rings (SSSR count). The van der Waals surface area contributed by atoms with Crippen LogP contribution in [0.5, 0.6) is 0 Å². The van der Waals surface area contributed by atoms with Crippen LogP contribution in [0.3, 0.4) is 0 Å². The van der Waals surface area contributed by atoms with Crippen molar-refractivity contribution in [3.05, 3.63) is 48.3 Å². The molecule has 0 radical (unpaired) electrons. The summed E-state index contributed by atoms with van der Waals surface area (Å²) in [6, 6.07) is 6.16. The van der Waals surface area contributed by atoms with Crippen LogP contribution in [0.4, 0.5) is 10.2 Å². The number of aromatic nitrogens is 4. The predicted molar refractivity (Wildman–Crippen MR) is 102 cm³/mol. The number of hydrogen-bond acceptors (Lipinski definition) is 5. The fourth-order valence-electron chi connectivity index (χ4n) is 4.42. The van der Waals surface area contributed by atoms with E-state index in [0.717, 1.165) is 48.7 Å². The van der Waals surface area contributed by atoms with Gasteiger partial charge in [0, 0.05) is 45.1 Å². The van der Waals surface area contributed by atoms with E-state index in [2.05, 4.69) is 19.9 Å². The summed E-state index contributed by atoms with van der Waals surface area (Å²) < 4.78 is 14.9. The van der Waals surface area contributed by atoms with E-state index in [4.69, 9.17) is 0 Å². The van der Waals surface area contributed by atoms with E-state index in [1.54, 1.807) is 24.8 Å². The zero-order chi connectivity index (χ0) is 19.3. The summed E-state index contributed by atoms with van der Waals surface area (Å²) in [6.07, 6.45) is 3.67. The van der Waals surface area contributed by atoms with Gasteiger partial charge in [-0.3, -0.25) is 4.79 Å². The van der Waals surface area contributed by atoms with Crippen molar-refractivity contribution in [3.63, 3.8) is 0 Å². The Hall–Kier alpha value is -3.03. The number of fused-ring (bicyclic) bond motifs is 2. The number of nitrogens with zero attached hydrogens (tertiary/aromatic N) is 6. The summed E-state index contributed by atoms with van der Waals surface area (Å²) in [7, 11) is 1.93. The predicted octanol–water partition coefficient (Wildman–Crippen LogP) is 1.64. The first-order valence-electron chi connectivity index (χ1n) is 9.47. The molecule has 1 amide bonds. The van der Waals surface area contributed by atoms with Gasteiger partial charge in [-0.05, 0) is 17.7 Å². The van der Waals surface area contributed by atoms with Crippen molar-refractivity contribution in [2.24, 2.45) is 18.9 Å². The summed E-state index contributed by atoms with van der Waals surface area (Å²) in [5.74, 6) is 1.58. The summed E-state index contributed by atoms with van der Waals surface area (Å²) in [5.41, 5.74) is 2.51. The number of carbonyl (C=O) groups is 1. The van der Waals surface area contributed by atoms with Crippen LogP contribution in [0.15, 0.2) is 36.9 Å². The quantitative estimate of drug-likeness (QED) is 0.691. The lowest BCUT2D eigenvalue weighted by molar-refractivity contribution is -0.129. The average molecular weight is 380 g/mol. The van der Waals surface area contributed by atoms with Crippen molar-refractivity contribution in [2.45, 2.75) is 6.42 Å². The number of imidazole rings is 1. The first-order chi connectivity index (χ1) is 13.6. The largest absolute Gasteiger partial charge is 0.354 e. The van der Waals surface area contributed by atoms with Gasteiger partial charge in [0.15, 0.2) is 17.0 Å². The van der Waals surface area contributed by atoms with Crippen LogP contribution < -0.4 is 4.90 Å². The van der Waals surface area contributed by atoms with Crippen LogP contribution in [0.25, 0.3) is 11.2 Å². The molecule has 0 N–H and O–H groups in total. The van der Waals surface area contributed by atoms with Gasteiger partial charge in [0.05, 0.1) is 12.7 Å². The third-order valence-corrected chi connectivity index (χ3v) is 5.88. The minimum Gasteiger partial charge on any atom is -0.354 e. The third kappa shape index (κ3) is 2.89. The molecular formula is C20H21FN6O. The SMILES string of the molecule is Cn1cnc2c(N3CC4CN(C(=O)Cc5ccc(F)cc5)CC4C3)ncnc21. The molecule has 0 spiro atoms. The summed E-state index contributed by atoms with van der Waals surface area (Å²) in [5, 5.41) is 0. The van der Waals surface area contributed by atoms with Gasteiger partial charge in [0.1, 0.15) is 12.1 Å².